The summed E-state index contributed by atoms with van der Waals surface area (Å²) in [5.74, 6) is -0.469. The molecule has 0 fully saturated rings. The first-order valence-electron chi connectivity index (χ1n) is 10.5. The largest absolute Gasteiger partial charge is 0.441 e. The standard InChI is InChI=1S/C24H24ClF3N4O3/c1-23(2,3)19(35-22(29)34)15-8-6-14(7-9-15)12-31-21(33)18-5-4-10-32(18)20-17(25)11-16(13-30-20)24(26,27)28/h4-11,13,19H,12H2,1-3H3,(H2,29,34)(H,31,33). The van der Waals surface area contributed by atoms with E-state index in [2.05, 4.69) is 10.3 Å². The van der Waals surface area contributed by atoms with Crippen molar-refractivity contribution in [3.63, 3.8) is 0 Å². The highest BCUT2D eigenvalue weighted by molar-refractivity contribution is 6.32. The summed E-state index contributed by atoms with van der Waals surface area (Å²) in [5, 5.41) is 2.52. The first-order chi connectivity index (χ1) is 16.3. The van der Waals surface area contributed by atoms with Crippen molar-refractivity contribution in [1.82, 2.24) is 14.9 Å². The molecule has 11 heteroatoms. The van der Waals surface area contributed by atoms with Crippen molar-refractivity contribution in [2.24, 2.45) is 11.1 Å². The number of rotatable bonds is 6. The first-order valence-corrected chi connectivity index (χ1v) is 10.9. The Morgan fingerprint density at radius 3 is 2.37 bits per heavy atom. The van der Waals surface area contributed by atoms with Crippen LogP contribution >= 0.6 is 11.6 Å². The quantitative estimate of drug-likeness (QED) is 0.449. The molecule has 2 heterocycles. The third-order valence-electron chi connectivity index (χ3n) is 5.11. The molecule has 0 aliphatic carbocycles. The lowest BCUT2D eigenvalue weighted by Crippen LogP contribution is -2.27. The summed E-state index contributed by atoms with van der Waals surface area (Å²) in [6.45, 7) is 5.93. The number of halogens is 4. The number of ether oxygens (including phenoxy) is 1. The average molecular weight is 509 g/mol. The van der Waals surface area contributed by atoms with Gasteiger partial charge >= 0.3 is 12.3 Å². The van der Waals surface area contributed by atoms with Crippen LogP contribution in [0, 0.1) is 5.41 Å². The molecule has 0 saturated carbocycles. The molecule has 35 heavy (non-hydrogen) atoms. The highest BCUT2D eigenvalue weighted by atomic mass is 35.5. The lowest BCUT2D eigenvalue weighted by Gasteiger charge is -2.30. The first kappa shape index (κ1) is 26.1. The molecule has 7 nitrogen and oxygen atoms in total. The van der Waals surface area contributed by atoms with Crippen molar-refractivity contribution >= 4 is 23.6 Å². The summed E-state index contributed by atoms with van der Waals surface area (Å²) in [6.07, 6.45) is -3.85. The molecule has 0 bridgehead atoms. The number of hydrogen-bond acceptors (Lipinski definition) is 4. The second-order valence-electron chi connectivity index (χ2n) is 8.90. The molecule has 1 atom stereocenters. The molecule has 0 aliphatic heterocycles. The van der Waals surface area contributed by atoms with Gasteiger partial charge in [0.05, 0.1) is 10.6 Å². The van der Waals surface area contributed by atoms with Gasteiger partial charge in [0.1, 0.15) is 11.8 Å². The van der Waals surface area contributed by atoms with Crippen LogP contribution in [0.15, 0.2) is 54.9 Å². The third-order valence-corrected chi connectivity index (χ3v) is 5.39. The second-order valence-corrected chi connectivity index (χ2v) is 9.31. The topological polar surface area (TPSA) is 99.2 Å². The maximum absolute atomic E-state index is 12.9. The van der Waals surface area contributed by atoms with E-state index in [0.717, 1.165) is 17.2 Å². The highest BCUT2D eigenvalue weighted by Crippen LogP contribution is 2.36. The molecule has 186 valence electrons. The Morgan fingerprint density at radius 2 is 1.83 bits per heavy atom. The highest BCUT2D eigenvalue weighted by Gasteiger charge is 2.32. The molecule has 2 aromatic heterocycles. The number of hydrogen-bond donors (Lipinski definition) is 2. The number of aromatic nitrogens is 2. The van der Waals surface area contributed by atoms with E-state index in [1.54, 1.807) is 30.3 Å². The molecule has 1 aromatic carbocycles. The maximum atomic E-state index is 12.9. The van der Waals surface area contributed by atoms with E-state index >= 15 is 0 Å². The van der Waals surface area contributed by atoms with Gasteiger partial charge in [-0.3, -0.25) is 9.36 Å². The summed E-state index contributed by atoms with van der Waals surface area (Å²) in [4.78, 5) is 27.9. The van der Waals surface area contributed by atoms with Gasteiger partial charge in [0, 0.05) is 24.4 Å². The average Bonchev–Trinajstić information content (AvgIpc) is 3.24. The number of amides is 2. The summed E-state index contributed by atoms with van der Waals surface area (Å²) in [7, 11) is 0. The van der Waals surface area contributed by atoms with E-state index in [1.807, 2.05) is 20.8 Å². The number of primary amides is 1. The summed E-state index contributed by atoms with van der Waals surface area (Å²) in [6, 6.07) is 11.0. The van der Waals surface area contributed by atoms with Crippen molar-refractivity contribution in [3.05, 3.63) is 82.3 Å². The summed E-state index contributed by atoms with van der Waals surface area (Å²) >= 11 is 6.03. The Bertz CT molecular complexity index is 1220. The molecule has 0 saturated heterocycles. The Kier molecular flexibility index (Phi) is 7.44. The number of carbonyl (C=O) groups excluding carboxylic acids is 2. The van der Waals surface area contributed by atoms with Crippen molar-refractivity contribution < 1.29 is 27.5 Å². The minimum atomic E-state index is -4.58. The fraction of sp³-hybridized carbons (Fsp3) is 0.292. The van der Waals surface area contributed by atoms with Crippen LogP contribution in [0.1, 0.15) is 54.1 Å². The third kappa shape index (κ3) is 6.33. The molecule has 0 aliphatic rings. The van der Waals surface area contributed by atoms with Crippen molar-refractivity contribution in [3.8, 4) is 5.82 Å². The van der Waals surface area contributed by atoms with Gasteiger partial charge in [-0.25, -0.2) is 9.78 Å². The van der Waals surface area contributed by atoms with Gasteiger partial charge in [0.2, 0.25) is 0 Å². The molecule has 0 radical (unpaired) electrons. The summed E-state index contributed by atoms with van der Waals surface area (Å²) < 4.78 is 45.3. The Morgan fingerprint density at radius 1 is 1.17 bits per heavy atom. The SMILES string of the molecule is CC(C)(C)C(OC(N)=O)c1ccc(CNC(=O)c2cccn2-c2ncc(C(F)(F)F)cc2Cl)cc1. The summed E-state index contributed by atoms with van der Waals surface area (Å²) in [5.41, 5.74) is 5.51. The number of alkyl halides is 3. The van der Waals surface area contributed by atoms with E-state index in [-0.39, 0.29) is 28.5 Å². The normalized spacial score (nSPS) is 12.8. The van der Waals surface area contributed by atoms with Crippen LogP contribution in [0.5, 0.6) is 0 Å². The van der Waals surface area contributed by atoms with E-state index in [1.165, 1.54) is 16.8 Å². The van der Waals surface area contributed by atoms with E-state index in [4.69, 9.17) is 22.1 Å². The zero-order valence-electron chi connectivity index (χ0n) is 19.2. The Hall–Kier alpha value is -3.53. The monoisotopic (exact) mass is 508 g/mol. The number of nitrogens with zero attached hydrogens (tertiary/aromatic N) is 2. The van der Waals surface area contributed by atoms with E-state index in [0.29, 0.717) is 6.20 Å². The minimum Gasteiger partial charge on any atom is -0.441 e. The van der Waals surface area contributed by atoms with Crippen LogP contribution in [-0.4, -0.2) is 21.6 Å². The van der Waals surface area contributed by atoms with Crippen molar-refractivity contribution in [2.75, 3.05) is 0 Å². The fourth-order valence-electron chi connectivity index (χ4n) is 3.46. The van der Waals surface area contributed by atoms with Crippen molar-refractivity contribution in [1.29, 1.82) is 0 Å². The van der Waals surface area contributed by atoms with E-state index < -0.39 is 29.8 Å². The van der Waals surface area contributed by atoms with Gasteiger partial charge in [-0.15, -0.1) is 0 Å². The van der Waals surface area contributed by atoms with Crippen LogP contribution in [0.25, 0.3) is 5.82 Å². The minimum absolute atomic E-state index is 0.00171. The van der Waals surface area contributed by atoms with Crippen LogP contribution in [-0.2, 0) is 17.5 Å². The number of pyridine rings is 1. The Labute approximate surface area is 205 Å². The molecule has 2 amide bonds. The van der Waals surface area contributed by atoms with Gasteiger partial charge in [0.15, 0.2) is 5.82 Å². The lowest BCUT2D eigenvalue weighted by molar-refractivity contribution is -0.137. The predicted octanol–water partition coefficient (Wildman–Crippen LogP) is 5.66. The molecule has 0 spiro atoms. The smallest absolute Gasteiger partial charge is 0.417 e. The van der Waals surface area contributed by atoms with Crippen molar-refractivity contribution in [2.45, 2.75) is 39.6 Å². The zero-order chi connectivity index (χ0) is 26.0. The fourth-order valence-corrected chi connectivity index (χ4v) is 3.72. The van der Waals surface area contributed by atoms with Gasteiger partial charge in [-0.2, -0.15) is 13.2 Å². The van der Waals surface area contributed by atoms with Gasteiger partial charge in [-0.05, 0) is 29.3 Å². The number of nitrogens with two attached hydrogens (primary N) is 1. The number of benzene rings is 1. The van der Waals surface area contributed by atoms with Crippen LogP contribution in [0.4, 0.5) is 18.0 Å². The predicted molar refractivity (Wildman–Crippen MR) is 124 cm³/mol. The number of nitrogens with one attached hydrogen (secondary N) is 1. The Balaban J connectivity index is 1.73. The molecular formula is C24H24ClF3N4O3. The van der Waals surface area contributed by atoms with Gasteiger partial charge in [0.25, 0.3) is 5.91 Å². The van der Waals surface area contributed by atoms with Crippen LogP contribution < -0.4 is 11.1 Å². The maximum Gasteiger partial charge on any atom is 0.417 e. The number of carbonyl (C=O) groups is 2. The molecule has 3 rings (SSSR count). The lowest BCUT2D eigenvalue weighted by atomic mass is 9.84. The molecule has 3 N–H and O–H groups in total. The van der Waals surface area contributed by atoms with Gasteiger partial charge < -0.3 is 15.8 Å². The van der Waals surface area contributed by atoms with Crippen LogP contribution in [0.3, 0.4) is 0 Å². The molecular weight excluding hydrogens is 485 g/mol. The van der Waals surface area contributed by atoms with Gasteiger partial charge in [-0.1, -0.05) is 56.6 Å². The molecule has 1 unspecified atom stereocenters. The van der Waals surface area contributed by atoms with Crippen LogP contribution in [0.2, 0.25) is 5.02 Å². The second kappa shape index (κ2) is 9.99. The molecule has 3 aromatic rings. The zero-order valence-corrected chi connectivity index (χ0v) is 19.9. The van der Waals surface area contributed by atoms with E-state index in [9.17, 15) is 22.8 Å².